The normalized spacial score (nSPS) is 17.5. The summed E-state index contributed by atoms with van der Waals surface area (Å²) in [7, 11) is 1.65. The largest absolute Gasteiger partial charge is 0.496 e. The molecule has 0 aliphatic carbocycles. The Hall–Kier alpha value is -1.59. The number of carbonyl (C=O) groups is 1. The highest BCUT2D eigenvalue weighted by Gasteiger charge is 2.23. The molecule has 0 saturated carbocycles. The molecule has 1 aliphatic heterocycles. The number of carbonyl (C=O) groups excluding carboxylic acids is 1. The maximum Gasteiger partial charge on any atom is 0.223 e. The van der Waals surface area contributed by atoms with Gasteiger partial charge in [-0.3, -0.25) is 4.79 Å². The van der Waals surface area contributed by atoms with Crippen molar-refractivity contribution >= 4 is 5.91 Å². The molecule has 1 saturated heterocycles. The molecular formula is C17H26N2O3. The zero-order valence-corrected chi connectivity index (χ0v) is 13.3. The number of rotatable bonds is 8. The summed E-state index contributed by atoms with van der Waals surface area (Å²) < 4.78 is 11.1. The van der Waals surface area contributed by atoms with Crippen molar-refractivity contribution in [2.75, 3.05) is 26.8 Å². The summed E-state index contributed by atoms with van der Waals surface area (Å²) in [4.78, 5) is 14.3. The van der Waals surface area contributed by atoms with Crippen molar-refractivity contribution in [3.63, 3.8) is 0 Å². The Morgan fingerprint density at radius 3 is 2.95 bits per heavy atom. The average Bonchev–Trinajstić information content (AvgIpc) is 3.05. The number of ether oxygens (including phenoxy) is 2. The predicted octanol–water partition coefficient (Wildman–Crippen LogP) is 1.94. The molecule has 5 nitrogen and oxygen atoms in total. The molecule has 5 heteroatoms. The van der Waals surface area contributed by atoms with E-state index in [2.05, 4.69) is 0 Å². The van der Waals surface area contributed by atoms with Crippen molar-refractivity contribution in [2.45, 2.75) is 38.3 Å². The fraction of sp³-hybridized carbons (Fsp3) is 0.588. The molecule has 2 rings (SSSR count). The lowest BCUT2D eigenvalue weighted by Crippen LogP contribution is -2.37. The molecule has 0 spiro atoms. The zero-order valence-electron chi connectivity index (χ0n) is 13.3. The quantitative estimate of drug-likeness (QED) is 0.797. The summed E-state index contributed by atoms with van der Waals surface area (Å²) in [5.74, 6) is 0.943. The number of benzene rings is 1. The van der Waals surface area contributed by atoms with Crippen molar-refractivity contribution in [1.29, 1.82) is 0 Å². The van der Waals surface area contributed by atoms with Crippen LogP contribution >= 0.6 is 0 Å². The molecule has 0 bridgehead atoms. The van der Waals surface area contributed by atoms with Crippen molar-refractivity contribution in [2.24, 2.45) is 5.73 Å². The standard InChI is InChI=1S/C17H26N2O3/c1-21-16-8-3-2-6-14(16)12-19(17(20)9-4-10-18)13-15-7-5-11-22-15/h2-3,6,8,15H,4-5,7,9-13,18H2,1H3. The van der Waals surface area contributed by atoms with Crippen LogP contribution in [-0.4, -0.2) is 43.7 Å². The van der Waals surface area contributed by atoms with Crippen molar-refractivity contribution in [1.82, 2.24) is 4.90 Å². The molecule has 1 heterocycles. The minimum Gasteiger partial charge on any atom is -0.496 e. The van der Waals surface area contributed by atoms with Crippen LogP contribution in [0.5, 0.6) is 5.75 Å². The monoisotopic (exact) mass is 306 g/mol. The molecule has 2 N–H and O–H groups in total. The summed E-state index contributed by atoms with van der Waals surface area (Å²) in [6.07, 6.45) is 3.44. The molecule has 1 aromatic rings. The average molecular weight is 306 g/mol. The highest BCUT2D eigenvalue weighted by atomic mass is 16.5. The number of methoxy groups -OCH3 is 1. The Kier molecular flexibility index (Phi) is 6.68. The molecule has 122 valence electrons. The summed E-state index contributed by atoms with van der Waals surface area (Å²) in [6.45, 7) is 2.52. The van der Waals surface area contributed by atoms with E-state index in [1.165, 1.54) is 0 Å². The molecule has 1 aliphatic rings. The molecule has 1 fully saturated rings. The number of hydrogen-bond acceptors (Lipinski definition) is 4. The Morgan fingerprint density at radius 1 is 1.45 bits per heavy atom. The van der Waals surface area contributed by atoms with Gasteiger partial charge in [-0.15, -0.1) is 0 Å². The lowest BCUT2D eigenvalue weighted by atomic mass is 10.1. The zero-order chi connectivity index (χ0) is 15.8. The lowest BCUT2D eigenvalue weighted by molar-refractivity contribution is -0.133. The van der Waals surface area contributed by atoms with E-state index < -0.39 is 0 Å². The van der Waals surface area contributed by atoms with Crippen LogP contribution in [0.4, 0.5) is 0 Å². The Balaban J connectivity index is 2.06. The number of nitrogens with zero attached hydrogens (tertiary/aromatic N) is 1. The van der Waals surface area contributed by atoms with Crippen molar-refractivity contribution in [3.8, 4) is 5.75 Å². The SMILES string of the molecule is COc1ccccc1CN(CC1CCCO1)C(=O)CCCN. The maximum absolute atomic E-state index is 12.5. The van der Waals surface area contributed by atoms with Gasteiger partial charge in [-0.1, -0.05) is 18.2 Å². The fourth-order valence-electron chi connectivity index (χ4n) is 2.74. The summed E-state index contributed by atoms with van der Waals surface area (Å²) in [6, 6.07) is 7.82. The predicted molar refractivity (Wildman–Crippen MR) is 85.7 cm³/mol. The second-order valence-corrected chi connectivity index (χ2v) is 5.61. The van der Waals surface area contributed by atoms with E-state index in [0.29, 0.717) is 32.5 Å². The third kappa shape index (κ3) is 4.71. The summed E-state index contributed by atoms with van der Waals surface area (Å²) in [5, 5.41) is 0. The van der Waals surface area contributed by atoms with Gasteiger partial charge in [0.2, 0.25) is 5.91 Å². The molecule has 1 unspecified atom stereocenters. The van der Waals surface area contributed by atoms with Gasteiger partial charge in [0.15, 0.2) is 0 Å². The minimum absolute atomic E-state index is 0.131. The van der Waals surface area contributed by atoms with Gasteiger partial charge >= 0.3 is 0 Å². The minimum atomic E-state index is 0.131. The van der Waals surface area contributed by atoms with Gasteiger partial charge < -0.3 is 20.1 Å². The van der Waals surface area contributed by atoms with Crippen LogP contribution in [0.1, 0.15) is 31.2 Å². The van der Waals surface area contributed by atoms with Crippen LogP contribution in [0.15, 0.2) is 24.3 Å². The van der Waals surface area contributed by atoms with Gasteiger partial charge in [-0.05, 0) is 31.9 Å². The van der Waals surface area contributed by atoms with Crippen LogP contribution in [0.3, 0.4) is 0 Å². The van der Waals surface area contributed by atoms with E-state index in [-0.39, 0.29) is 12.0 Å². The van der Waals surface area contributed by atoms with Crippen LogP contribution in [0.25, 0.3) is 0 Å². The number of nitrogens with two attached hydrogens (primary N) is 1. The lowest BCUT2D eigenvalue weighted by Gasteiger charge is -2.26. The summed E-state index contributed by atoms with van der Waals surface area (Å²) in [5.41, 5.74) is 6.54. The number of amides is 1. The molecule has 1 aromatic carbocycles. The molecule has 1 amide bonds. The fourth-order valence-corrected chi connectivity index (χ4v) is 2.74. The molecule has 1 atom stereocenters. The van der Waals surface area contributed by atoms with E-state index >= 15 is 0 Å². The van der Waals surface area contributed by atoms with Gasteiger partial charge in [0, 0.05) is 31.7 Å². The number of para-hydroxylation sites is 1. The summed E-state index contributed by atoms with van der Waals surface area (Å²) >= 11 is 0. The molecule has 0 radical (unpaired) electrons. The van der Waals surface area contributed by atoms with Gasteiger partial charge in [0.25, 0.3) is 0 Å². The van der Waals surface area contributed by atoms with Gasteiger partial charge in [0.1, 0.15) is 5.75 Å². The van der Waals surface area contributed by atoms with E-state index in [9.17, 15) is 4.79 Å². The first kappa shape index (κ1) is 16.8. The van der Waals surface area contributed by atoms with E-state index in [1.54, 1.807) is 7.11 Å². The van der Waals surface area contributed by atoms with Gasteiger partial charge in [-0.25, -0.2) is 0 Å². The Morgan fingerprint density at radius 2 is 2.27 bits per heavy atom. The van der Waals surface area contributed by atoms with Crippen LogP contribution < -0.4 is 10.5 Å². The van der Waals surface area contributed by atoms with E-state index in [0.717, 1.165) is 30.8 Å². The third-order valence-electron chi connectivity index (χ3n) is 3.95. The van der Waals surface area contributed by atoms with E-state index in [4.69, 9.17) is 15.2 Å². The van der Waals surface area contributed by atoms with Crippen LogP contribution in [0, 0.1) is 0 Å². The third-order valence-corrected chi connectivity index (χ3v) is 3.95. The molecule has 22 heavy (non-hydrogen) atoms. The van der Waals surface area contributed by atoms with Crippen LogP contribution in [0.2, 0.25) is 0 Å². The first-order valence-corrected chi connectivity index (χ1v) is 7.96. The van der Waals surface area contributed by atoms with Crippen molar-refractivity contribution in [3.05, 3.63) is 29.8 Å². The highest BCUT2D eigenvalue weighted by molar-refractivity contribution is 5.76. The maximum atomic E-state index is 12.5. The van der Waals surface area contributed by atoms with Gasteiger partial charge in [-0.2, -0.15) is 0 Å². The first-order valence-electron chi connectivity index (χ1n) is 7.96. The van der Waals surface area contributed by atoms with E-state index in [1.807, 2.05) is 29.2 Å². The van der Waals surface area contributed by atoms with Gasteiger partial charge in [0.05, 0.1) is 13.2 Å². The molecular weight excluding hydrogens is 280 g/mol. The van der Waals surface area contributed by atoms with Crippen LogP contribution in [-0.2, 0) is 16.1 Å². The Labute approximate surface area is 132 Å². The first-order chi connectivity index (χ1) is 10.7. The second kappa shape index (κ2) is 8.76. The number of hydrogen-bond donors (Lipinski definition) is 1. The highest BCUT2D eigenvalue weighted by Crippen LogP contribution is 2.21. The smallest absolute Gasteiger partial charge is 0.223 e. The van der Waals surface area contributed by atoms with Crippen molar-refractivity contribution < 1.29 is 14.3 Å². The topological polar surface area (TPSA) is 64.8 Å². The molecule has 0 aromatic heterocycles. The Bertz CT molecular complexity index is 473. The second-order valence-electron chi connectivity index (χ2n) is 5.61.